The van der Waals surface area contributed by atoms with Gasteiger partial charge in [-0.25, -0.2) is 0 Å². The monoisotopic (exact) mass is 347 g/mol. The second-order valence-corrected chi connectivity index (χ2v) is 8.62. The third-order valence-electron chi connectivity index (χ3n) is 3.74. The predicted octanol–water partition coefficient (Wildman–Crippen LogP) is 4.22. The molecular weight excluding hydrogens is 322 g/mol. The molecule has 1 aliphatic heterocycles. The summed E-state index contributed by atoms with van der Waals surface area (Å²) in [6.45, 7) is 8.69. The molecule has 0 aliphatic carbocycles. The predicted molar refractivity (Wildman–Crippen MR) is 96.7 cm³/mol. The number of aromatic nitrogens is 2. The lowest BCUT2D eigenvalue weighted by atomic mass is 10.1. The standard InChI is InChI=1S/C15H26ClN3S2/c1-4-6-17-13(15-11(3)20-8-9-21-15)14-12(16)10-18-19(14)7-5-2/h10-11,13,15,17H,4-9H2,1-3H3. The highest BCUT2D eigenvalue weighted by molar-refractivity contribution is 8.07. The molecule has 1 N–H and O–H groups in total. The molecule has 2 heterocycles. The zero-order valence-corrected chi connectivity index (χ0v) is 15.5. The van der Waals surface area contributed by atoms with E-state index < -0.39 is 0 Å². The Labute approximate surface area is 142 Å². The highest BCUT2D eigenvalue weighted by atomic mass is 35.5. The minimum Gasteiger partial charge on any atom is -0.308 e. The van der Waals surface area contributed by atoms with E-state index in [0.29, 0.717) is 16.5 Å². The number of aryl methyl sites for hydroxylation is 1. The van der Waals surface area contributed by atoms with Crippen molar-refractivity contribution in [2.45, 2.75) is 56.7 Å². The number of nitrogens with one attached hydrogen (secondary N) is 1. The van der Waals surface area contributed by atoms with Gasteiger partial charge in [0.25, 0.3) is 0 Å². The maximum absolute atomic E-state index is 6.48. The van der Waals surface area contributed by atoms with Gasteiger partial charge in [0.2, 0.25) is 0 Å². The zero-order valence-electron chi connectivity index (χ0n) is 13.1. The quantitative estimate of drug-likeness (QED) is 0.799. The fraction of sp³-hybridized carbons (Fsp3) is 0.800. The van der Waals surface area contributed by atoms with Crippen molar-refractivity contribution in [3.8, 4) is 0 Å². The lowest BCUT2D eigenvalue weighted by Gasteiger charge is -2.35. The van der Waals surface area contributed by atoms with Crippen molar-refractivity contribution >= 4 is 35.1 Å². The Balaban J connectivity index is 2.28. The van der Waals surface area contributed by atoms with Gasteiger partial charge in [-0.2, -0.15) is 28.6 Å². The summed E-state index contributed by atoms with van der Waals surface area (Å²) in [7, 11) is 0. The molecule has 120 valence electrons. The van der Waals surface area contributed by atoms with Crippen LogP contribution in [0, 0.1) is 0 Å². The van der Waals surface area contributed by atoms with E-state index in [-0.39, 0.29) is 0 Å². The van der Waals surface area contributed by atoms with Crippen LogP contribution in [0.25, 0.3) is 0 Å². The van der Waals surface area contributed by atoms with Gasteiger partial charge in [-0.3, -0.25) is 4.68 Å². The van der Waals surface area contributed by atoms with Gasteiger partial charge >= 0.3 is 0 Å². The fourth-order valence-electron chi connectivity index (χ4n) is 2.76. The summed E-state index contributed by atoms with van der Waals surface area (Å²) in [6, 6.07) is 0.291. The Bertz CT molecular complexity index is 439. The topological polar surface area (TPSA) is 29.9 Å². The number of hydrogen-bond acceptors (Lipinski definition) is 4. The number of thioether (sulfide) groups is 2. The molecule has 1 fully saturated rings. The third-order valence-corrected chi connectivity index (χ3v) is 7.23. The number of halogens is 1. The summed E-state index contributed by atoms with van der Waals surface area (Å²) in [4.78, 5) is 0. The van der Waals surface area contributed by atoms with E-state index in [2.05, 4.69) is 59.4 Å². The van der Waals surface area contributed by atoms with Crippen molar-refractivity contribution < 1.29 is 0 Å². The van der Waals surface area contributed by atoms with E-state index in [4.69, 9.17) is 11.6 Å². The lowest BCUT2D eigenvalue weighted by Crippen LogP contribution is -2.39. The minimum atomic E-state index is 0.291. The average molecular weight is 348 g/mol. The Morgan fingerprint density at radius 3 is 2.81 bits per heavy atom. The third kappa shape index (κ3) is 4.34. The molecule has 3 nitrogen and oxygen atoms in total. The number of rotatable bonds is 7. The van der Waals surface area contributed by atoms with E-state index in [0.717, 1.165) is 31.0 Å². The first-order valence-corrected chi connectivity index (χ1v) is 10.3. The summed E-state index contributed by atoms with van der Waals surface area (Å²) >= 11 is 10.6. The summed E-state index contributed by atoms with van der Waals surface area (Å²) < 4.78 is 2.10. The van der Waals surface area contributed by atoms with Gasteiger partial charge in [-0.1, -0.05) is 32.4 Å². The van der Waals surface area contributed by atoms with Crippen molar-refractivity contribution in [1.82, 2.24) is 15.1 Å². The maximum atomic E-state index is 6.48. The molecule has 21 heavy (non-hydrogen) atoms. The Kier molecular flexibility index (Phi) is 7.26. The van der Waals surface area contributed by atoms with Gasteiger partial charge < -0.3 is 5.32 Å². The van der Waals surface area contributed by atoms with Gasteiger partial charge in [-0.05, 0) is 19.4 Å². The fourth-order valence-corrected chi connectivity index (χ4v) is 5.93. The van der Waals surface area contributed by atoms with Crippen molar-refractivity contribution in [1.29, 1.82) is 0 Å². The first kappa shape index (κ1) is 17.5. The average Bonchev–Trinajstić information content (AvgIpc) is 2.83. The van der Waals surface area contributed by atoms with E-state index >= 15 is 0 Å². The highest BCUT2D eigenvalue weighted by Crippen LogP contribution is 2.40. The van der Waals surface area contributed by atoms with Crippen LogP contribution in [-0.2, 0) is 6.54 Å². The van der Waals surface area contributed by atoms with Crippen molar-refractivity contribution in [3.05, 3.63) is 16.9 Å². The van der Waals surface area contributed by atoms with E-state index in [1.807, 2.05) is 0 Å². The lowest BCUT2D eigenvalue weighted by molar-refractivity contribution is 0.456. The Hall–Kier alpha value is 0.160. The van der Waals surface area contributed by atoms with Crippen LogP contribution >= 0.6 is 35.1 Å². The van der Waals surface area contributed by atoms with Gasteiger partial charge in [-0.15, -0.1) is 0 Å². The SMILES string of the molecule is CCCNC(c1c(Cl)cnn1CCC)C1SCCSC1C. The molecule has 0 spiro atoms. The largest absolute Gasteiger partial charge is 0.308 e. The molecular formula is C15H26ClN3S2. The molecule has 1 aromatic rings. The van der Waals surface area contributed by atoms with Crippen LogP contribution < -0.4 is 5.32 Å². The summed E-state index contributed by atoms with van der Waals surface area (Å²) in [5.41, 5.74) is 1.18. The second kappa shape index (κ2) is 8.70. The molecule has 0 saturated carbocycles. The van der Waals surface area contributed by atoms with Crippen LogP contribution in [0.4, 0.5) is 0 Å². The zero-order chi connectivity index (χ0) is 15.2. The van der Waals surface area contributed by atoms with Gasteiger partial charge in [0, 0.05) is 28.6 Å². The summed E-state index contributed by atoms with van der Waals surface area (Å²) in [5.74, 6) is 2.48. The summed E-state index contributed by atoms with van der Waals surface area (Å²) in [5, 5.41) is 10.2. The molecule has 0 radical (unpaired) electrons. The summed E-state index contributed by atoms with van der Waals surface area (Å²) in [6.07, 6.45) is 4.01. The van der Waals surface area contributed by atoms with Crippen LogP contribution in [0.15, 0.2) is 6.20 Å². The molecule has 1 aromatic heterocycles. The van der Waals surface area contributed by atoms with Crippen molar-refractivity contribution in [2.24, 2.45) is 0 Å². The second-order valence-electron chi connectivity index (χ2n) is 5.44. The van der Waals surface area contributed by atoms with Crippen LogP contribution in [0.3, 0.4) is 0 Å². The normalized spacial score (nSPS) is 24.2. The molecule has 0 aromatic carbocycles. The van der Waals surface area contributed by atoms with Crippen molar-refractivity contribution in [3.63, 3.8) is 0 Å². The minimum absolute atomic E-state index is 0.291. The van der Waals surface area contributed by atoms with Crippen LogP contribution in [0.5, 0.6) is 0 Å². The van der Waals surface area contributed by atoms with Crippen LogP contribution in [-0.4, -0.2) is 38.3 Å². The molecule has 6 heteroatoms. The van der Waals surface area contributed by atoms with E-state index in [1.54, 1.807) is 6.20 Å². The van der Waals surface area contributed by atoms with E-state index in [1.165, 1.54) is 17.2 Å². The molecule has 3 unspecified atom stereocenters. The Morgan fingerprint density at radius 2 is 2.14 bits per heavy atom. The molecule has 2 rings (SSSR count). The molecule has 0 amide bonds. The maximum Gasteiger partial charge on any atom is 0.0834 e. The Morgan fingerprint density at radius 1 is 1.38 bits per heavy atom. The highest BCUT2D eigenvalue weighted by Gasteiger charge is 2.34. The van der Waals surface area contributed by atoms with Gasteiger partial charge in [0.05, 0.1) is 23.0 Å². The smallest absolute Gasteiger partial charge is 0.0834 e. The van der Waals surface area contributed by atoms with Crippen LogP contribution in [0.1, 0.15) is 45.3 Å². The molecule has 1 aliphatic rings. The number of nitrogens with zero attached hydrogens (tertiary/aromatic N) is 2. The van der Waals surface area contributed by atoms with Gasteiger partial charge in [0.15, 0.2) is 0 Å². The molecule has 3 atom stereocenters. The van der Waals surface area contributed by atoms with Gasteiger partial charge in [0.1, 0.15) is 0 Å². The van der Waals surface area contributed by atoms with E-state index in [9.17, 15) is 0 Å². The first-order valence-electron chi connectivity index (χ1n) is 7.86. The number of hydrogen-bond donors (Lipinski definition) is 1. The van der Waals surface area contributed by atoms with Crippen LogP contribution in [0.2, 0.25) is 5.02 Å². The first-order chi connectivity index (χ1) is 10.2. The van der Waals surface area contributed by atoms with Crippen molar-refractivity contribution in [2.75, 3.05) is 18.1 Å². The molecule has 0 bridgehead atoms. The molecule has 1 saturated heterocycles.